The van der Waals surface area contributed by atoms with Gasteiger partial charge in [-0.25, -0.2) is 8.78 Å². The van der Waals surface area contributed by atoms with Crippen LogP contribution in [0.1, 0.15) is 36.8 Å². The van der Waals surface area contributed by atoms with E-state index in [-0.39, 0.29) is 18.8 Å². The van der Waals surface area contributed by atoms with E-state index in [0.29, 0.717) is 13.0 Å². The molecule has 1 nitrogen and oxygen atoms in total. The number of halogens is 2. The Bertz CT molecular complexity index is 390. The van der Waals surface area contributed by atoms with Crippen LogP contribution >= 0.6 is 0 Å². The maximum atomic E-state index is 13.2. The molecule has 0 amide bonds. The second-order valence-electron chi connectivity index (χ2n) is 5.38. The quantitative estimate of drug-likeness (QED) is 0.857. The van der Waals surface area contributed by atoms with Crippen molar-refractivity contribution in [2.24, 2.45) is 5.92 Å². The van der Waals surface area contributed by atoms with Crippen LogP contribution in [-0.4, -0.2) is 12.5 Å². The summed E-state index contributed by atoms with van der Waals surface area (Å²) in [5.74, 6) is -2.31. The first kappa shape index (κ1) is 13.5. The van der Waals surface area contributed by atoms with Crippen LogP contribution in [-0.2, 0) is 6.54 Å². The lowest BCUT2D eigenvalue weighted by Crippen LogP contribution is -2.32. The maximum Gasteiger partial charge on any atom is 0.248 e. The van der Waals surface area contributed by atoms with Crippen LogP contribution < -0.4 is 5.32 Å². The predicted molar refractivity (Wildman–Crippen MR) is 69.8 cm³/mol. The van der Waals surface area contributed by atoms with E-state index in [2.05, 4.69) is 24.4 Å². The highest BCUT2D eigenvalue weighted by atomic mass is 19.3. The minimum Gasteiger partial charge on any atom is -0.312 e. The topological polar surface area (TPSA) is 12.0 Å². The van der Waals surface area contributed by atoms with Gasteiger partial charge in [-0.05, 0) is 43.4 Å². The molecule has 0 aromatic heterocycles. The number of alkyl halides is 2. The third-order valence-corrected chi connectivity index (χ3v) is 3.75. The van der Waals surface area contributed by atoms with Gasteiger partial charge in [0.15, 0.2) is 0 Å². The first-order chi connectivity index (χ1) is 8.57. The van der Waals surface area contributed by atoms with Crippen LogP contribution in [0.2, 0.25) is 0 Å². The van der Waals surface area contributed by atoms with Gasteiger partial charge in [0.05, 0.1) is 0 Å². The fraction of sp³-hybridized carbons (Fsp3) is 0.600. The van der Waals surface area contributed by atoms with Crippen molar-refractivity contribution in [3.05, 3.63) is 35.4 Å². The van der Waals surface area contributed by atoms with Crippen molar-refractivity contribution in [1.82, 2.24) is 5.32 Å². The number of rotatable bonds is 4. The first-order valence-corrected chi connectivity index (χ1v) is 6.70. The van der Waals surface area contributed by atoms with E-state index in [4.69, 9.17) is 0 Å². The van der Waals surface area contributed by atoms with Crippen molar-refractivity contribution in [2.45, 2.75) is 45.1 Å². The summed E-state index contributed by atoms with van der Waals surface area (Å²) in [6.07, 6.45) is 1.70. The fourth-order valence-corrected chi connectivity index (χ4v) is 2.67. The lowest BCUT2D eigenvalue weighted by atomic mass is 9.86. The molecule has 0 saturated heterocycles. The summed E-state index contributed by atoms with van der Waals surface area (Å²) < 4.78 is 26.5. The van der Waals surface area contributed by atoms with Crippen LogP contribution in [0.5, 0.6) is 0 Å². The monoisotopic (exact) mass is 253 g/mol. The largest absolute Gasteiger partial charge is 0.312 e. The van der Waals surface area contributed by atoms with E-state index >= 15 is 0 Å². The molecular weight excluding hydrogens is 232 g/mol. The van der Waals surface area contributed by atoms with Crippen molar-refractivity contribution in [3.63, 3.8) is 0 Å². The lowest BCUT2D eigenvalue weighted by molar-refractivity contribution is -0.0520. The Morgan fingerprint density at radius 2 is 2.11 bits per heavy atom. The average molecular weight is 253 g/mol. The van der Waals surface area contributed by atoms with Gasteiger partial charge < -0.3 is 5.32 Å². The zero-order chi connectivity index (χ0) is 13.0. The van der Waals surface area contributed by atoms with Crippen molar-refractivity contribution in [3.8, 4) is 0 Å². The van der Waals surface area contributed by atoms with Gasteiger partial charge in [-0.3, -0.25) is 0 Å². The molecule has 1 unspecified atom stereocenters. The molecule has 100 valence electrons. The van der Waals surface area contributed by atoms with E-state index in [1.54, 1.807) is 0 Å². The molecule has 18 heavy (non-hydrogen) atoms. The van der Waals surface area contributed by atoms with E-state index in [1.165, 1.54) is 11.1 Å². The molecule has 0 radical (unpaired) electrons. The normalized spacial score (nSPS) is 22.9. The molecule has 2 rings (SSSR count). The van der Waals surface area contributed by atoms with Gasteiger partial charge in [-0.2, -0.15) is 0 Å². The summed E-state index contributed by atoms with van der Waals surface area (Å²) in [4.78, 5) is 0. The Morgan fingerprint density at radius 1 is 1.33 bits per heavy atom. The van der Waals surface area contributed by atoms with Crippen LogP contribution in [0.4, 0.5) is 8.78 Å². The molecular formula is C15H21F2N. The van der Waals surface area contributed by atoms with Crippen LogP contribution in [0.25, 0.3) is 0 Å². The highest BCUT2D eigenvalue weighted by molar-refractivity contribution is 5.25. The average Bonchev–Trinajstić information content (AvgIpc) is 2.30. The predicted octanol–water partition coefficient (Wildman–Crippen LogP) is 3.91. The Kier molecular flexibility index (Phi) is 4.33. The molecule has 1 saturated carbocycles. The standard InChI is InChI=1S/C15H21F2N/c1-12-5-2-3-7-14(12)11-18-10-13-6-4-8-15(16,17)9-13/h2-3,5,7,13,18H,4,6,8-11H2,1H3. The first-order valence-electron chi connectivity index (χ1n) is 6.70. The molecule has 0 heterocycles. The highest BCUT2D eigenvalue weighted by Gasteiger charge is 2.35. The van der Waals surface area contributed by atoms with E-state index in [1.807, 2.05) is 12.1 Å². The minimum atomic E-state index is -2.44. The summed E-state index contributed by atoms with van der Waals surface area (Å²) in [5.41, 5.74) is 2.50. The summed E-state index contributed by atoms with van der Waals surface area (Å²) in [6, 6.07) is 8.18. The van der Waals surface area contributed by atoms with Crippen molar-refractivity contribution >= 4 is 0 Å². The molecule has 1 atom stereocenters. The number of benzene rings is 1. The fourth-order valence-electron chi connectivity index (χ4n) is 2.67. The van der Waals surface area contributed by atoms with Gasteiger partial charge in [-0.1, -0.05) is 24.3 Å². The highest BCUT2D eigenvalue weighted by Crippen LogP contribution is 2.36. The SMILES string of the molecule is Cc1ccccc1CNCC1CCCC(F)(F)C1. The molecule has 0 spiro atoms. The number of nitrogens with one attached hydrogen (secondary N) is 1. The summed E-state index contributed by atoms with van der Waals surface area (Å²) in [6.45, 7) is 3.55. The van der Waals surface area contributed by atoms with Gasteiger partial charge in [0.1, 0.15) is 0 Å². The molecule has 1 aromatic rings. The summed E-state index contributed by atoms with van der Waals surface area (Å²) in [7, 11) is 0. The van der Waals surface area contributed by atoms with Gasteiger partial charge in [0, 0.05) is 19.4 Å². The smallest absolute Gasteiger partial charge is 0.248 e. The Balaban J connectivity index is 1.77. The number of hydrogen-bond donors (Lipinski definition) is 1. The molecule has 1 aliphatic carbocycles. The zero-order valence-corrected chi connectivity index (χ0v) is 10.9. The maximum absolute atomic E-state index is 13.2. The van der Waals surface area contributed by atoms with Gasteiger partial charge >= 0.3 is 0 Å². The molecule has 0 aliphatic heterocycles. The molecule has 1 N–H and O–H groups in total. The van der Waals surface area contributed by atoms with E-state index in [9.17, 15) is 8.78 Å². The summed E-state index contributed by atoms with van der Waals surface area (Å²) >= 11 is 0. The molecule has 3 heteroatoms. The van der Waals surface area contributed by atoms with Crippen molar-refractivity contribution < 1.29 is 8.78 Å². The third-order valence-electron chi connectivity index (χ3n) is 3.75. The van der Waals surface area contributed by atoms with Gasteiger partial charge in [0.25, 0.3) is 0 Å². The van der Waals surface area contributed by atoms with Crippen LogP contribution in [0.3, 0.4) is 0 Å². The lowest BCUT2D eigenvalue weighted by Gasteiger charge is -2.29. The van der Waals surface area contributed by atoms with E-state index in [0.717, 1.165) is 13.0 Å². The minimum absolute atomic E-state index is 0.0494. The van der Waals surface area contributed by atoms with Crippen LogP contribution in [0, 0.1) is 12.8 Å². The van der Waals surface area contributed by atoms with Crippen molar-refractivity contribution in [2.75, 3.05) is 6.54 Å². The molecule has 1 fully saturated rings. The molecule has 1 aromatic carbocycles. The van der Waals surface area contributed by atoms with Crippen LogP contribution in [0.15, 0.2) is 24.3 Å². The van der Waals surface area contributed by atoms with Gasteiger partial charge in [0.2, 0.25) is 5.92 Å². The second kappa shape index (κ2) is 5.79. The summed E-state index contributed by atoms with van der Waals surface area (Å²) in [5, 5.41) is 3.32. The zero-order valence-electron chi connectivity index (χ0n) is 10.9. The van der Waals surface area contributed by atoms with E-state index < -0.39 is 5.92 Å². The molecule has 0 bridgehead atoms. The molecule has 1 aliphatic rings. The number of hydrogen-bond acceptors (Lipinski definition) is 1. The Labute approximate surface area is 108 Å². The number of aryl methyl sites for hydroxylation is 1. The van der Waals surface area contributed by atoms with Gasteiger partial charge in [-0.15, -0.1) is 0 Å². The Morgan fingerprint density at radius 3 is 2.83 bits per heavy atom. The third kappa shape index (κ3) is 3.77. The Hall–Kier alpha value is -0.960. The van der Waals surface area contributed by atoms with Crippen molar-refractivity contribution in [1.29, 1.82) is 0 Å². The second-order valence-corrected chi connectivity index (χ2v) is 5.38.